The summed E-state index contributed by atoms with van der Waals surface area (Å²) < 4.78 is 1.75. The van der Waals surface area contributed by atoms with Crippen molar-refractivity contribution in [2.24, 2.45) is 0 Å². The molecule has 2 rings (SSSR count). The van der Waals surface area contributed by atoms with Crippen LogP contribution in [0.2, 0.25) is 0 Å². The normalized spacial score (nSPS) is 10.3. The summed E-state index contributed by atoms with van der Waals surface area (Å²) in [6, 6.07) is 7.87. The number of carbonyl (C=O) groups excluding carboxylic acids is 1. The third-order valence-corrected chi connectivity index (χ3v) is 2.63. The fourth-order valence-corrected chi connectivity index (χ4v) is 1.92. The molecule has 0 bridgehead atoms. The molecule has 1 aromatic heterocycles. The number of benzene rings is 1. The van der Waals surface area contributed by atoms with E-state index in [4.69, 9.17) is 0 Å². The molecule has 0 fully saturated rings. The minimum Gasteiger partial charge on any atom is -0.326 e. The lowest BCUT2D eigenvalue weighted by molar-refractivity contribution is -0.116. The number of hydrogen-bond donors (Lipinski definition) is 1. The van der Waals surface area contributed by atoms with Crippen molar-refractivity contribution in [2.45, 2.75) is 26.8 Å². The largest absolute Gasteiger partial charge is 0.326 e. The summed E-state index contributed by atoms with van der Waals surface area (Å²) in [5.41, 5.74) is 3.16. The van der Waals surface area contributed by atoms with Crippen molar-refractivity contribution in [1.82, 2.24) is 9.78 Å². The first-order valence-electron chi connectivity index (χ1n) is 5.99. The third-order valence-electron chi connectivity index (χ3n) is 2.63. The molecule has 0 saturated heterocycles. The van der Waals surface area contributed by atoms with Crippen LogP contribution in [0, 0.1) is 13.8 Å². The van der Waals surface area contributed by atoms with Crippen LogP contribution in [0.4, 0.5) is 5.69 Å². The predicted molar refractivity (Wildman–Crippen MR) is 71.4 cm³/mol. The van der Waals surface area contributed by atoms with Crippen molar-refractivity contribution < 1.29 is 4.79 Å². The lowest BCUT2D eigenvalue weighted by Gasteiger charge is -2.07. The van der Waals surface area contributed by atoms with Gasteiger partial charge >= 0.3 is 0 Å². The Morgan fingerprint density at radius 2 is 2.00 bits per heavy atom. The molecule has 0 aliphatic rings. The SMILES string of the molecule is Cc1cc(C)cc(NC(=O)CCn2cccn2)c1. The zero-order valence-corrected chi connectivity index (χ0v) is 10.7. The smallest absolute Gasteiger partial charge is 0.226 e. The maximum absolute atomic E-state index is 11.8. The molecule has 4 nitrogen and oxygen atoms in total. The number of anilines is 1. The van der Waals surface area contributed by atoms with Gasteiger partial charge in [-0.25, -0.2) is 0 Å². The van der Waals surface area contributed by atoms with E-state index >= 15 is 0 Å². The van der Waals surface area contributed by atoms with Gasteiger partial charge in [0.1, 0.15) is 0 Å². The minimum atomic E-state index is 0.00972. The van der Waals surface area contributed by atoms with Crippen LogP contribution in [-0.4, -0.2) is 15.7 Å². The summed E-state index contributed by atoms with van der Waals surface area (Å²) >= 11 is 0. The van der Waals surface area contributed by atoms with Crippen LogP contribution < -0.4 is 5.32 Å². The van der Waals surface area contributed by atoms with Gasteiger partial charge in [0.25, 0.3) is 0 Å². The van der Waals surface area contributed by atoms with Gasteiger partial charge in [0.15, 0.2) is 0 Å². The van der Waals surface area contributed by atoms with Crippen LogP contribution in [0.25, 0.3) is 0 Å². The van der Waals surface area contributed by atoms with Gasteiger partial charge in [0, 0.05) is 31.0 Å². The van der Waals surface area contributed by atoms with Crippen molar-refractivity contribution in [3.63, 3.8) is 0 Å². The van der Waals surface area contributed by atoms with Crippen LogP contribution in [-0.2, 0) is 11.3 Å². The average molecular weight is 243 g/mol. The molecule has 18 heavy (non-hydrogen) atoms. The summed E-state index contributed by atoms with van der Waals surface area (Å²) in [5.74, 6) is 0.00972. The van der Waals surface area contributed by atoms with Gasteiger partial charge in [-0.05, 0) is 43.2 Å². The van der Waals surface area contributed by atoms with Crippen molar-refractivity contribution in [1.29, 1.82) is 0 Å². The minimum absolute atomic E-state index is 0.00972. The van der Waals surface area contributed by atoms with Gasteiger partial charge in [-0.2, -0.15) is 5.10 Å². The van der Waals surface area contributed by atoms with E-state index in [1.807, 2.05) is 38.2 Å². The Labute approximate surface area is 107 Å². The van der Waals surface area contributed by atoms with E-state index in [0.29, 0.717) is 13.0 Å². The van der Waals surface area contributed by atoms with Crippen molar-refractivity contribution >= 4 is 11.6 Å². The third kappa shape index (κ3) is 3.45. The topological polar surface area (TPSA) is 46.9 Å². The van der Waals surface area contributed by atoms with Gasteiger partial charge in [0.2, 0.25) is 5.91 Å². The Kier molecular flexibility index (Phi) is 3.77. The summed E-state index contributed by atoms with van der Waals surface area (Å²) in [4.78, 5) is 11.8. The van der Waals surface area contributed by atoms with E-state index in [1.54, 1.807) is 10.9 Å². The molecule has 1 N–H and O–H groups in total. The number of nitrogens with zero attached hydrogens (tertiary/aromatic N) is 2. The van der Waals surface area contributed by atoms with Crippen LogP contribution in [0.1, 0.15) is 17.5 Å². The maximum Gasteiger partial charge on any atom is 0.226 e. The zero-order valence-electron chi connectivity index (χ0n) is 10.7. The monoisotopic (exact) mass is 243 g/mol. The number of aryl methyl sites for hydroxylation is 3. The van der Waals surface area contributed by atoms with E-state index in [1.165, 1.54) is 0 Å². The summed E-state index contributed by atoms with van der Waals surface area (Å²) in [6.45, 7) is 4.64. The van der Waals surface area contributed by atoms with Gasteiger partial charge in [-0.1, -0.05) is 6.07 Å². The lowest BCUT2D eigenvalue weighted by Crippen LogP contribution is -2.14. The van der Waals surface area contributed by atoms with Gasteiger partial charge in [-0.15, -0.1) is 0 Å². The predicted octanol–water partition coefficient (Wildman–Crippen LogP) is 2.53. The Balaban J connectivity index is 1.90. The molecule has 0 saturated carbocycles. The Bertz CT molecular complexity index is 512. The Hall–Kier alpha value is -2.10. The molecule has 94 valence electrons. The lowest BCUT2D eigenvalue weighted by atomic mass is 10.1. The number of nitrogens with one attached hydrogen (secondary N) is 1. The summed E-state index contributed by atoms with van der Waals surface area (Å²) in [5, 5.41) is 6.97. The molecule has 1 heterocycles. The first-order valence-corrected chi connectivity index (χ1v) is 5.99. The van der Waals surface area contributed by atoms with E-state index in [-0.39, 0.29) is 5.91 Å². The fraction of sp³-hybridized carbons (Fsp3) is 0.286. The van der Waals surface area contributed by atoms with Gasteiger partial charge < -0.3 is 5.32 Å². The van der Waals surface area contributed by atoms with E-state index < -0.39 is 0 Å². The Morgan fingerprint density at radius 3 is 2.61 bits per heavy atom. The molecule has 1 aromatic carbocycles. The highest BCUT2D eigenvalue weighted by atomic mass is 16.1. The molecule has 0 spiro atoms. The number of hydrogen-bond acceptors (Lipinski definition) is 2. The molecule has 0 aliphatic heterocycles. The maximum atomic E-state index is 11.8. The second-order valence-corrected chi connectivity index (χ2v) is 4.44. The standard InChI is InChI=1S/C14H17N3O/c1-11-8-12(2)10-13(9-11)16-14(18)4-7-17-6-3-5-15-17/h3,5-6,8-10H,4,7H2,1-2H3,(H,16,18). The summed E-state index contributed by atoms with van der Waals surface area (Å²) in [6.07, 6.45) is 3.99. The van der Waals surface area contributed by atoms with Crippen LogP contribution in [0.15, 0.2) is 36.7 Å². The molecule has 0 atom stereocenters. The molecule has 2 aromatic rings. The first kappa shape index (κ1) is 12.4. The molecule has 1 amide bonds. The van der Waals surface area contributed by atoms with E-state index in [0.717, 1.165) is 16.8 Å². The average Bonchev–Trinajstić information content (AvgIpc) is 2.77. The highest BCUT2D eigenvalue weighted by molar-refractivity contribution is 5.90. The second kappa shape index (κ2) is 5.49. The molecular formula is C14H17N3O. The van der Waals surface area contributed by atoms with Gasteiger partial charge in [0.05, 0.1) is 0 Å². The highest BCUT2D eigenvalue weighted by Gasteiger charge is 2.03. The van der Waals surface area contributed by atoms with Crippen molar-refractivity contribution in [2.75, 3.05) is 5.32 Å². The zero-order chi connectivity index (χ0) is 13.0. The van der Waals surface area contributed by atoms with Crippen molar-refractivity contribution in [3.8, 4) is 0 Å². The second-order valence-electron chi connectivity index (χ2n) is 4.44. The number of rotatable bonds is 4. The molecule has 4 heteroatoms. The number of amides is 1. The molecule has 0 unspecified atom stereocenters. The van der Waals surface area contributed by atoms with E-state index in [9.17, 15) is 4.79 Å². The van der Waals surface area contributed by atoms with E-state index in [2.05, 4.69) is 16.5 Å². The summed E-state index contributed by atoms with van der Waals surface area (Å²) in [7, 11) is 0. The van der Waals surface area contributed by atoms with Gasteiger partial charge in [-0.3, -0.25) is 9.48 Å². The van der Waals surface area contributed by atoms with Crippen LogP contribution in [0.3, 0.4) is 0 Å². The Morgan fingerprint density at radius 1 is 1.28 bits per heavy atom. The molecule has 0 aliphatic carbocycles. The number of aromatic nitrogens is 2. The molecular weight excluding hydrogens is 226 g/mol. The first-order chi connectivity index (χ1) is 8.63. The highest BCUT2D eigenvalue weighted by Crippen LogP contribution is 2.13. The fourth-order valence-electron chi connectivity index (χ4n) is 1.92. The number of carbonyl (C=O) groups is 1. The quantitative estimate of drug-likeness (QED) is 0.897. The molecule has 0 radical (unpaired) electrons. The van der Waals surface area contributed by atoms with Crippen LogP contribution >= 0.6 is 0 Å². The van der Waals surface area contributed by atoms with Crippen molar-refractivity contribution in [3.05, 3.63) is 47.8 Å². The van der Waals surface area contributed by atoms with Crippen LogP contribution in [0.5, 0.6) is 0 Å².